The number of amides is 1. The van der Waals surface area contributed by atoms with Crippen molar-refractivity contribution in [1.82, 2.24) is 20.0 Å². The quantitative estimate of drug-likeness (QED) is 0.804. The Morgan fingerprint density at radius 1 is 1.21 bits per heavy atom. The molecule has 2 fully saturated rings. The number of hydrogen-bond donors (Lipinski definition) is 1. The van der Waals surface area contributed by atoms with Crippen LogP contribution in [0.1, 0.15) is 53.2 Å². The molecule has 0 radical (unpaired) electrons. The molecule has 5 rings (SSSR count). The van der Waals surface area contributed by atoms with E-state index in [0.717, 1.165) is 54.0 Å². The van der Waals surface area contributed by atoms with Crippen molar-refractivity contribution in [3.05, 3.63) is 47.7 Å². The molecule has 1 unspecified atom stereocenters. The third kappa shape index (κ3) is 2.21. The molecule has 1 saturated carbocycles. The fraction of sp³-hybridized carbons (Fsp3) is 0.389. The Hall–Kier alpha value is -2.63. The topological polar surface area (TPSA) is 75.0 Å². The maximum absolute atomic E-state index is 12.9. The maximum Gasteiger partial charge on any atom is 0.254 e. The summed E-state index contributed by atoms with van der Waals surface area (Å²) >= 11 is 0. The summed E-state index contributed by atoms with van der Waals surface area (Å²) in [5, 5.41) is 5.11. The number of nitrogens with one attached hydrogen (secondary N) is 1. The minimum absolute atomic E-state index is 0.0774. The molecule has 6 nitrogen and oxygen atoms in total. The maximum atomic E-state index is 12.9. The van der Waals surface area contributed by atoms with Crippen molar-refractivity contribution in [3.63, 3.8) is 0 Å². The Kier molecular flexibility index (Phi) is 2.98. The SMILES string of the molecule is O=C(c1cccc2[nH]ccc12)N1CCC(c2noc(C3CC3)n2)C1. The van der Waals surface area contributed by atoms with Gasteiger partial charge in [0.05, 0.1) is 0 Å². The average molecular weight is 322 g/mol. The van der Waals surface area contributed by atoms with Crippen molar-refractivity contribution in [2.75, 3.05) is 13.1 Å². The molecule has 1 saturated heterocycles. The van der Waals surface area contributed by atoms with Gasteiger partial charge in [0.2, 0.25) is 5.89 Å². The van der Waals surface area contributed by atoms with Crippen LogP contribution in [-0.4, -0.2) is 39.0 Å². The smallest absolute Gasteiger partial charge is 0.254 e. The van der Waals surface area contributed by atoms with Crippen molar-refractivity contribution >= 4 is 16.8 Å². The highest BCUT2D eigenvalue weighted by Crippen LogP contribution is 2.39. The lowest BCUT2D eigenvalue weighted by Crippen LogP contribution is -2.28. The molecule has 2 aromatic heterocycles. The lowest BCUT2D eigenvalue weighted by Gasteiger charge is -2.16. The second-order valence-electron chi connectivity index (χ2n) is 6.75. The third-order valence-electron chi connectivity index (χ3n) is 5.05. The summed E-state index contributed by atoms with van der Waals surface area (Å²) in [6, 6.07) is 7.75. The Bertz CT molecular complexity index is 909. The summed E-state index contributed by atoms with van der Waals surface area (Å²) in [5.74, 6) is 2.25. The van der Waals surface area contributed by atoms with E-state index in [1.165, 1.54) is 0 Å². The highest BCUT2D eigenvalue weighted by Gasteiger charge is 2.34. The number of nitrogens with zero attached hydrogens (tertiary/aromatic N) is 3. The van der Waals surface area contributed by atoms with E-state index in [1.807, 2.05) is 35.4 Å². The van der Waals surface area contributed by atoms with E-state index in [4.69, 9.17) is 4.52 Å². The van der Waals surface area contributed by atoms with Gasteiger partial charge in [-0.1, -0.05) is 11.2 Å². The molecule has 6 heteroatoms. The number of aromatic amines is 1. The first kappa shape index (κ1) is 13.8. The fourth-order valence-corrected chi connectivity index (χ4v) is 3.51. The van der Waals surface area contributed by atoms with E-state index < -0.39 is 0 Å². The average Bonchev–Trinajstić information content (AvgIpc) is 3.06. The predicted molar refractivity (Wildman–Crippen MR) is 87.8 cm³/mol. The van der Waals surface area contributed by atoms with Crippen LogP contribution in [0.3, 0.4) is 0 Å². The minimum Gasteiger partial charge on any atom is -0.361 e. The first-order valence-corrected chi connectivity index (χ1v) is 8.48. The number of fused-ring (bicyclic) bond motifs is 1. The van der Waals surface area contributed by atoms with Crippen molar-refractivity contribution in [2.24, 2.45) is 0 Å². The Balaban J connectivity index is 1.36. The molecule has 3 heterocycles. The molecule has 1 aliphatic heterocycles. The molecule has 1 aromatic carbocycles. The first-order chi connectivity index (χ1) is 11.8. The van der Waals surface area contributed by atoms with Crippen molar-refractivity contribution in [2.45, 2.75) is 31.1 Å². The van der Waals surface area contributed by atoms with Crippen LogP contribution >= 0.6 is 0 Å². The molecule has 3 aromatic rings. The molecule has 1 atom stereocenters. The molecular weight excluding hydrogens is 304 g/mol. The van der Waals surface area contributed by atoms with Crippen molar-refractivity contribution in [3.8, 4) is 0 Å². The van der Waals surface area contributed by atoms with Crippen LogP contribution < -0.4 is 0 Å². The second kappa shape index (κ2) is 5.19. The van der Waals surface area contributed by atoms with Gasteiger partial charge in [-0.15, -0.1) is 0 Å². The monoisotopic (exact) mass is 322 g/mol. The third-order valence-corrected chi connectivity index (χ3v) is 5.05. The normalized spacial score (nSPS) is 20.8. The van der Waals surface area contributed by atoms with Gasteiger partial charge in [0.15, 0.2) is 5.82 Å². The number of aromatic nitrogens is 3. The zero-order valence-electron chi connectivity index (χ0n) is 13.2. The molecule has 1 aliphatic carbocycles. The van der Waals surface area contributed by atoms with E-state index in [9.17, 15) is 4.79 Å². The highest BCUT2D eigenvalue weighted by molar-refractivity contribution is 6.06. The Morgan fingerprint density at radius 3 is 3.00 bits per heavy atom. The molecule has 0 bridgehead atoms. The van der Waals surface area contributed by atoms with Gasteiger partial charge in [-0.25, -0.2) is 0 Å². The van der Waals surface area contributed by atoms with E-state index in [0.29, 0.717) is 12.5 Å². The summed E-state index contributed by atoms with van der Waals surface area (Å²) < 4.78 is 5.36. The van der Waals surface area contributed by atoms with Crippen molar-refractivity contribution in [1.29, 1.82) is 0 Å². The van der Waals surface area contributed by atoms with Gasteiger partial charge in [-0.3, -0.25) is 4.79 Å². The van der Waals surface area contributed by atoms with Crippen LogP contribution in [0.4, 0.5) is 0 Å². The van der Waals surface area contributed by atoms with Crippen LogP contribution in [0, 0.1) is 0 Å². The van der Waals surface area contributed by atoms with Gasteiger partial charge in [-0.05, 0) is 37.5 Å². The van der Waals surface area contributed by atoms with E-state index in [1.54, 1.807) is 0 Å². The number of benzene rings is 1. The summed E-state index contributed by atoms with van der Waals surface area (Å²) in [7, 11) is 0. The van der Waals surface area contributed by atoms with Crippen LogP contribution in [0.2, 0.25) is 0 Å². The van der Waals surface area contributed by atoms with Gasteiger partial charge < -0.3 is 14.4 Å². The zero-order valence-corrected chi connectivity index (χ0v) is 13.2. The summed E-state index contributed by atoms with van der Waals surface area (Å²) in [6.07, 6.45) is 5.06. The molecule has 2 aliphatic rings. The standard InChI is InChI=1S/C18H18N4O2/c23-18(14-2-1-3-15-13(14)6-8-19-15)22-9-7-12(10-22)16-20-17(24-21-16)11-4-5-11/h1-3,6,8,11-12,19H,4-5,7,9-10H2. The van der Waals surface area contributed by atoms with Crippen LogP contribution in [0.15, 0.2) is 35.0 Å². The van der Waals surface area contributed by atoms with E-state index in [2.05, 4.69) is 15.1 Å². The van der Waals surface area contributed by atoms with Gasteiger partial charge in [0, 0.05) is 47.6 Å². The largest absolute Gasteiger partial charge is 0.361 e. The number of carbonyl (C=O) groups excluding carboxylic acids is 1. The van der Waals surface area contributed by atoms with Gasteiger partial charge in [0.1, 0.15) is 0 Å². The number of rotatable bonds is 3. The van der Waals surface area contributed by atoms with Crippen LogP contribution in [0.25, 0.3) is 10.9 Å². The lowest BCUT2D eigenvalue weighted by atomic mass is 10.1. The van der Waals surface area contributed by atoms with Crippen LogP contribution in [-0.2, 0) is 0 Å². The fourth-order valence-electron chi connectivity index (χ4n) is 3.51. The Labute approximate surface area is 138 Å². The minimum atomic E-state index is 0.0774. The summed E-state index contributed by atoms with van der Waals surface area (Å²) in [4.78, 5) is 22.5. The highest BCUT2D eigenvalue weighted by atomic mass is 16.5. The summed E-state index contributed by atoms with van der Waals surface area (Å²) in [5.41, 5.74) is 1.74. The lowest BCUT2D eigenvalue weighted by molar-refractivity contribution is 0.0792. The molecule has 24 heavy (non-hydrogen) atoms. The molecular formula is C18H18N4O2. The first-order valence-electron chi connectivity index (χ1n) is 8.48. The Morgan fingerprint density at radius 2 is 2.12 bits per heavy atom. The predicted octanol–water partition coefficient (Wildman–Crippen LogP) is 3.06. The van der Waals surface area contributed by atoms with Gasteiger partial charge >= 0.3 is 0 Å². The van der Waals surface area contributed by atoms with Gasteiger partial charge in [0.25, 0.3) is 5.91 Å². The molecule has 122 valence electrons. The molecule has 0 spiro atoms. The number of carbonyl (C=O) groups is 1. The molecule has 1 amide bonds. The van der Waals surface area contributed by atoms with Crippen LogP contribution in [0.5, 0.6) is 0 Å². The van der Waals surface area contributed by atoms with E-state index in [-0.39, 0.29) is 11.8 Å². The molecule has 1 N–H and O–H groups in total. The zero-order chi connectivity index (χ0) is 16.1. The second-order valence-corrected chi connectivity index (χ2v) is 6.75. The number of H-pyrrole nitrogens is 1. The van der Waals surface area contributed by atoms with Crippen molar-refractivity contribution < 1.29 is 9.32 Å². The van der Waals surface area contributed by atoms with Gasteiger partial charge in [-0.2, -0.15) is 4.98 Å². The van der Waals surface area contributed by atoms with E-state index >= 15 is 0 Å². The number of hydrogen-bond acceptors (Lipinski definition) is 4. The summed E-state index contributed by atoms with van der Waals surface area (Å²) in [6.45, 7) is 1.39. The number of likely N-dealkylation sites (tertiary alicyclic amines) is 1.